The molecule has 0 saturated heterocycles. The summed E-state index contributed by atoms with van der Waals surface area (Å²) in [7, 11) is -1.23. The lowest BCUT2D eigenvalue weighted by atomic mass is 10.0. The van der Waals surface area contributed by atoms with E-state index < -0.39 is 36.7 Å². The third kappa shape index (κ3) is 9.85. The zero-order valence-electron chi connectivity index (χ0n) is 26.5. The number of alkyl halides is 2. The van der Waals surface area contributed by atoms with Crippen LogP contribution in [0.5, 0.6) is 0 Å². The van der Waals surface area contributed by atoms with Crippen LogP contribution < -0.4 is 10.6 Å². The summed E-state index contributed by atoms with van der Waals surface area (Å²) in [6, 6.07) is 3.17. The van der Waals surface area contributed by atoms with E-state index in [1.54, 1.807) is 10.7 Å². The topological polar surface area (TPSA) is 124 Å². The van der Waals surface area contributed by atoms with Gasteiger partial charge in [-0.2, -0.15) is 9.49 Å². The van der Waals surface area contributed by atoms with Gasteiger partial charge in [0, 0.05) is 31.5 Å². The Morgan fingerprint density at radius 3 is 2.52 bits per heavy atom. The SMILES string of the molecule is CCc1c(-c2ccc(NC(=O)C(CCCC(Cl)Cl)NC(=O)c3conc3C(C)C)nc2F)c(C)nn1COCC[Si](C)(C)C. The molecule has 0 fully saturated rings. The molecule has 2 N–H and O–H groups in total. The second-order valence-electron chi connectivity index (χ2n) is 12.2. The number of rotatable bonds is 16. The molecule has 1 atom stereocenters. The number of nitrogens with one attached hydrogen (secondary N) is 2. The highest BCUT2D eigenvalue weighted by Gasteiger charge is 2.26. The van der Waals surface area contributed by atoms with Crippen LogP contribution >= 0.6 is 23.2 Å². The summed E-state index contributed by atoms with van der Waals surface area (Å²) in [5.41, 5.74) is 3.14. The van der Waals surface area contributed by atoms with Crippen LogP contribution in [0.2, 0.25) is 25.7 Å². The molecule has 0 saturated carbocycles. The van der Waals surface area contributed by atoms with Crippen molar-refractivity contribution in [3.63, 3.8) is 0 Å². The van der Waals surface area contributed by atoms with Crippen molar-refractivity contribution in [1.82, 2.24) is 25.2 Å². The van der Waals surface area contributed by atoms with E-state index in [4.69, 9.17) is 32.5 Å². The Morgan fingerprint density at radius 2 is 1.91 bits per heavy atom. The molecule has 0 aliphatic rings. The summed E-state index contributed by atoms with van der Waals surface area (Å²) < 4.78 is 28.1. The molecule has 3 rings (SSSR count). The highest BCUT2D eigenvalue weighted by molar-refractivity contribution is 6.76. The predicted octanol–water partition coefficient (Wildman–Crippen LogP) is 7.09. The minimum absolute atomic E-state index is 0.00804. The van der Waals surface area contributed by atoms with Crippen LogP contribution in [0.15, 0.2) is 22.9 Å². The van der Waals surface area contributed by atoms with Crippen LogP contribution in [0.3, 0.4) is 0 Å². The van der Waals surface area contributed by atoms with Gasteiger partial charge in [-0.25, -0.2) is 9.67 Å². The second-order valence-corrected chi connectivity index (χ2v) is 19.1. The maximum absolute atomic E-state index is 15.5. The molecule has 3 aromatic heterocycles. The Morgan fingerprint density at radius 1 is 1.18 bits per heavy atom. The molecule has 0 bridgehead atoms. The van der Waals surface area contributed by atoms with Crippen LogP contribution in [0, 0.1) is 12.9 Å². The van der Waals surface area contributed by atoms with Crippen molar-refractivity contribution < 1.29 is 23.2 Å². The lowest BCUT2D eigenvalue weighted by Gasteiger charge is -2.19. The summed E-state index contributed by atoms with van der Waals surface area (Å²) >= 11 is 11.7. The van der Waals surface area contributed by atoms with Crippen LogP contribution in [0.1, 0.15) is 73.4 Å². The maximum atomic E-state index is 15.5. The van der Waals surface area contributed by atoms with E-state index in [1.165, 1.54) is 12.3 Å². The van der Waals surface area contributed by atoms with Gasteiger partial charge in [0.25, 0.3) is 5.91 Å². The molecular formula is C30H43Cl2FN6O4Si. The monoisotopic (exact) mass is 668 g/mol. The van der Waals surface area contributed by atoms with Gasteiger partial charge < -0.3 is 19.9 Å². The van der Waals surface area contributed by atoms with Crippen molar-refractivity contribution in [2.24, 2.45) is 0 Å². The molecule has 10 nitrogen and oxygen atoms in total. The number of pyridine rings is 1. The van der Waals surface area contributed by atoms with E-state index in [0.717, 1.165) is 11.7 Å². The quantitative estimate of drug-likeness (QED) is 0.0723. The van der Waals surface area contributed by atoms with Gasteiger partial charge in [0.15, 0.2) is 0 Å². The standard InChI is InChI=1S/C30H43Cl2FN6O4Si/c1-8-23-26(19(4)37-39(23)17-42-14-15-44(5,6)7)20-12-13-25(35-28(20)33)36-30(41)22(10-9-11-24(31)32)34-29(40)21-16-43-38-27(21)18(2)3/h12-13,16,18,22,24H,8-11,14-15,17H2,1-7H3,(H,34,40)(H,35,36,41). The third-order valence-corrected chi connectivity index (χ3v) is 9.21. The van der Waals surface area contributed by atoms with Gasteiger partial charge in [0.1, 0.15) is 35.3 Å². The molecular weight excluding hydrogens is 626 g/mol. The molecule has 44 heavy (non-hydrogen) atoms. The van der Waals surface area contributed by atoms with Gasteiger partial charge in [0.2, 0.25) is 11.9 Å². The highest BCUT2D eigenvalue weighted by atomic mass is 35.5. The average Bonchev–Trinajstić information content (AvgIpc) is 3.55. The number of carbonyl (C=O) groups excluding carboxylic acids is 2. The zero-order chi connectivity index (χ0) is 32.6. The Labute approximate surface area is 269 Å². The third-order valence-electron chi connectivity index (χ3n) is 7.07. The summed E-state index contributed by atoms with van der Waals surface area (Å²) in [6.45, 7) is 15.4. The van der Waals surface area contributed by atoms with Gasteiger partial charge in [0.05, 0.1) is 11.4 Å². The molecule has 0 aliphatic carbocycles. The number of anilines is 1. The number of amides is 2. The highest BCUT2D eigenvalue weighted by Crippen LogP contribution is 2.30. The van der Waals surface area contributed by atoms with Gasteiger partial charge in [-0.15, -0.1) is 23.2 Å². The first kappa shape index (κ1) is 35.7. The number of nitrogens with zero attached hydrogens (tertiary/aromatic N) is 4. The molecule has 1 unspecified atom stereocenters. The van der Waals surface area contributed by atoms with Crippen molar-refractivity contribution in [2.45, 2.75) is 103 Å². The molecule has 3 heterocycles. The summed E-state index contributed by atoms with van der Waals surface area (Å²) in [5, 5.41) is 13.9. The molecule has 0 aliphatic heterocycles. The fraction of sp³-hybridized carbons (Fsp3) is 0.567. The van der Waals surface area contributed by atoms with E-state index in [9.17, 15) is 9.59 Å². The van der Waals surface area contributed by atoms with Crippen LogP contribution in [0.4, 0.5) is 10.2 Å². The number of halogens is 3. The Hall–Kier alpha value is -2.80. The van der Waals surface area contributed by atoms with Crippen molar-refractivity contribution in [3.8, 4) is 11.1 Å². The second kappa shape index (κ2) is 16.0. The first-order valence-electron chi connectivity index (χ1n) is 14.9. The smallest absolute Gasteiger partial charge is 0.257 e. The van der Waals surface area contributed by atoms with Crippen LogP contribution in [0.25, 0.3) is 11.1 Å². The van der Waals surface area contributed by atoms with E-state index >= 15 is 4.39 Å². The molecule has 0 aromatic carbocycles. The van der Waals surface area contributed by atoms with Crippen LogP contribution in [-0.4, -0.2) is 57.3 Å². The molecule has 242 valence electrons. The fourth-order valence-corrected chi connectivity index (χ4v) is 5.76. The lowest BCUT2D eigenvalue weighted by Crippen LogP contribution is -2.44. The van der Waals surface area contributed by atoms with Gasteiger partial charge in [-0.05, 0) is 56.7 Å². The van der Waals surface area contributed by atoms with Crippen molar-refractivity contribution in [3.05, 3.63) is 47.0 Å². The normalized spacial score (nSPS) is 12.6. The number of hydrogen-bond acceptors (Lipinski definition) is 7. The summed E-state index contributed by atoms with van der Waals surface area (Å²) in [4.78, 5) is 29.8. The average molecular weight is 670 g/mol. The summed E-state index contributed by atoms with van der Waals surface area (Å²) in [5.74, 6) is -1.88. The van der Waals surface area contributed by atoms with Crippen molar-refractivity contribution in [1.29, 1.82) is 0 Å². The number of aryl methyl sites for hydroxylation is 1. The van der Waals surface area contributed by atoms with Crippen molar-refractivity contribution in [2.75, 3.05) is 11.9 Å². The lowest BCUT2D eigenvalue weighted by molar-refractivity contribution is -0.118. The number of carbonyl (C=O) groups is 2. The first-order valence-corrected chi connectivity index (χ1v) is 19.4. The van der Waals surface area contributed by atoms with E-state index in [2.05, 4.69) is 45.5 Å². The fourth-order valence-electron chi connectivity index (χ4n) is 4.69. The predicted molar refractivity (Wildman–Crippen MR) is 173 cm³/mol. The number of aromatic nitrogens is 4. The zero-order valence-corrected chi connectivity index (χ0v) is 29.0. The Bertz CT molecular complexity index is 1420. The summed E-state index contributed by atoms with van der Waals surface area (Å²) in [6.07, 6.45) is 2.99. The molecule has 2 amide bonds. The van der Waals surface area contributed by atoms with Gasteiger partial charge >= 0.3 is 0 Å². The Balaban J connectivity index is 1.77. The molecule has 0 spiro atoms. The van der Waals surface area contributed by atoms with E-state index in [1.807, 2.05) is 27.7 Å². The largest absolute Gasteiger partial charge is 0.364 e. The first-order chi connectivity index (χ1) is 20.7. The number of ether oxygens (including phenoxy) is 1. The van der Waals surface area contributed by atoms with Crippen molar-refractivity contribution >= 4 is 48.9 Å². The maximum Gasteiger partial charge on any atom is 0.257 e. The number of hydrogen-bond donors (Lipinski definition) is 2. The minimum atomic E-state index is -1.23. The molecule has 0 radical (unpaired) electrons. The van der Waals surface area contributed by atoms with Crippen LogP contribution in [-0.2, 0) is 22.7 Å². The Kier molecular flexibility index (Phi) is 12.9. The van der Waals surface area contributed by atoms with Gasteiger partial charge in [-0.1, -0.05) is 45.6 Å². The van der Waals surface area contributed by atoms with E-state index in [-0.39, 0.29) is 36.0 Å². The minimum Gasteiger partial charge on any atom is -0.364 e. The molecule has 3 aromatic rings. The van der Waals surface area contributed by atoms with Gasteiger partial charge in [-0.3, -0.25) is 9.59 Å². The molecule has 14 heteroatoms. The van der Waals surface area contributed by atoms with E-state index in [0.29, 0.717) is 42.8 Å².